The van der Waals surface area contributed by atoms with Crippen molar-refractivity contribution in [1.82, 2.24) is 0 Å². The Morgan fingerprint density at radius 2 is 1.49 bits per heavy atom. The number of thiophene rings is 1. The second-order valence-electron chi connectivity index (χ2n) is 11.3. The van der Waals surface area contributed by atoms with E-state index in [0.29, 0.717) is 0 Å². The molecule has 8 rings (SSSR count). The summed E-state index contributed by atoms with van der Waals surface area (Å²) < 4.78 is 7.74. The van der Waals surface area contributed by atoms with E-state index in [1.54, 1.807) is 0 Å². The van der Waals surface area contributed by atoms with Crippen molar-refractivity contribution in [1.29, 1.82) is 0 Å². The van der Waals surface area contributed by atoms with Crippen molar-refractivity contribution in [2.24, 2.45) is 0 Å². The summed E-state index contributed by atoms with van der Waals surface area (Å²) in [7, 11) is 0. The third-order valence-corrected chi connectivity index (χ3v) is 10.2. The average Bonchev–Trinajstić information content (AvgIpc) is 3.43. The van der Waals surface area contributed by atoms with Gasteiger partial charge >= 0.3 is 6.17 Å². The van der Waals surface area contributed by atoms with Crippen LogP contribution in [0.2, 0.25) is 0 Å². The van der Waals surface area contributed by atoms with Crippen LogP contribution < -0.4 is 9.13 Å². The summed E-state index contributed by atoms with van der Waals surface area (Å²) in [6, 6.07) is 20.9. The standard InChI is InChI=1S/C36H30N2S/c1-7-24-22(5)17-31-34-32-25(10-8-12-30(32)39-31)26-11-9-13-37(35(26)33(24)34)36-28-15-20(3)19(2)14-27(28)29-16-21(4)23(6)18-38(29)36/h7-18,36H,1H2,2-6H3/q+2. The summed E-state index contributed by atoms with van der Waals surface area (Å²) in [6.07, 6.45) is 6.73. The van der Waals surface area contributed by atoms with Gasteiger partial charge in [-0.25, -0.2) is 0 Å². The molecule has 0 radical (unpaired) electrons. The fourth-order valence-corrected chi connectivity index (χ4v) is 8.21. The molecule has 4 aromatic carbocycles. The zero-order valence-electron chi connectivity index (χ0n) is 23.0. The number of aromatic nitrogens is 2. The third kappa shape index (κ3) is 2.86. The molecule has 7 aromatic rings. The topological polar surface area (TPSA) is 7.76 Å². The Kier molecular flexibility index (Phi) is 4.54. The molecule has 1 atom stereocenters. The van der Waals surface area contributed by atoms with Gasteiger partial charge < -0.3 is 0 Å². The lowest BCUT2D eigenvalue weighted by atomic mass is 9.91. The summed E-state index contributed by atoms with van der Waals surface area (Å²) in [4.78, 5) is 0. The van der Waals surface area contributed by atoms with Crippen molar-refractivity contribution in [2.75, 3.05) is 0 Å². The number of fused-ring (bicyclic) bond motifs is 6. The number of hydrogen-bond donors (Lipinski definition) is 0. The molecular formula is C36H30N2S+2. The molecule has 2 nitrogen and oxygen atoms in total. The van der Waals surface area contributed by atoms with Gasteiger partial charge in [0.15, 0.2) is 12.4 Å². The van der Waals surface area contributed by atoms with E-state index in [-0.39, 0.29) is 6.17 Å². The van der Waals surface area contributed by atoms with Gasteiger partial charge in [-0.05, 0) is 98.2 Å². The lowest BCUT2D eigenvalue weighted by molar-refractivity contribution is -0.914. The molecule has 0 saturated heterocycles. The average molecular weight is 523 g/mol. The summed E-state index contributed by atoms with van der Waals surface area (Å²) >= 11 is 1.91. The molecule has 3 heteroatoms. The lowest BCUT2D eigenvalue weighted by Gasteiger charge is -2.14. The Morgan fingerprint density at radius 1 is 0.718 bits per heavy atom. The quantitative estimate of drug-likeness (QED) is 0.159. The first-order valence-corrected chi connectivity index (χ1v) is 14.5. The van der Waals surface area contributed by atoms with Crippen molar-refractivity contribution in [3.05, 3.63) is 113 Å². The van der Waals surface area contributed by atoms with Crippen molar-refractivity contribution >= 4 is 59.3 Å². The minimum Gasteiger partial charge on any atom is -0.135 e. The Balaban J connectivity index is 1.61. The second-order valence-corrected chi connectivity index (χ2v) is 12.4. The molecule has 0 fully saturated rings. The zero-order valence-corrected chi connectivity index (χ0v) is 23.8. The summed E-state index contributed by atoms with van der Waals surface area (Å²) in [5.41, 5.74) is 13.1. The normalized spacial score (nSPS) is 14.6. The van der Waals surface area contributed by atoms with Crippen LogP contribution in [0.1, 0.15) is 45.1 Å². The molecule has 0 N–H and O–H groups in total. The van der Waals surface area contributed by atoms with Crippen LogP contribution in [-0.4, -0.2) is 0 Å². The smallest absolute Gasteiger partial charge is 0.135 e. The number of hydrogen-bond acceptors (Lipinski definition) is 1. The van der Waals surface area contributed by atoms with E-state index in [0.717, 1.165) is 0 Å². The predicted molar refractivity (Wildman–Crippen MR) is 165 cm³/mol. The molecule has 0 aliphatic carbocycles. The van der Waals surface area contributed by atoms with Crippen molar-refractivity contribution in [3.8, 4) is 11.3 Å². The van der Waals surface area contributed by atoms with Gasteiger partial charge in [0.2, 0.25) is 11.2 Å². The van der Waals surface area contributed by atoms with E-state index in [4.69, 9.17) is 0 Å². The molecule has 39 heavy (non-hydrogen) atoms. The molecule has 1 aliphatic rings. The third-order valence-electron chi connectivity index (χ3n) is 9.12. The van der Waals surface area contributed by atoms with Gasteiger partial charge in [0.25, 0.3) is 0 Å². The SMILES string of the molecule is C=Cc1c(C)cc2sc3cccc4c5ccc[n+](C6c7cc(C)c(C)cc7-c7cc(C)c(C)c[n+]76)c5c1c2c34. The molecule has 0 amide bonds. The van der Waals surface area contributed by atoms with Gasteiger partial charge in [-0.2, -0.15) is 0 Å². The molecule has 1 aliphatic heterocycles. The number of rotatable bonds is 2. The van der Waals surface area contributed by atoms with Gasteiger partial charge in [-0.15, -0.1) is 20.5 Å². The van der Waals surface area contributed by atoms with Gasteiger partial charge in [-0.3, -0.25) is 0 Å². The van der Waals surface area contributed by atoms with Crippen LogP contribution in [0.4, 0.5) is 0 Å². The van der Waals surface area contributed by atoms with E-state index in [2.05, 4.69) is 123 Å². The van der Waals surface area contributed by atoms with Crippen molar-refractivity contribution in [2.45, 2.75) is 40.8 Å². The van der Waals surface area contributed by atoms with E-state index in [1.165, 1.54) is 92.0 Å². The van der Waals surface area contributed by atoms with Crippen LogP contribution in [0.5, 0.6) is 0 Å². The maximum absolute atomic E-state index is 4.30. The van der Waals surface area contributed by atoms with Crippen LogP contribution in [0.15, 0.2) is 73.6 Å². The maximum Gasteiger partial charge on any atom is 0.381 e. The molecule has 0 spiro atoms. The Morgan fingerprint density at radius 3 is 2.31 bits per heavy atom. The largest absolute Gasteiger partial charge is 0.381 e. The first kappa shape index (κ1) is 22.9. The second kappa shape index (κ2) is 7.74. The zero-order chi connectivity index (χ0) is 26.7. The van der Waals surface area contributed by atoms with E-state index < -0.39 is 0 Å². The molecule has 1 unspecified atom stereocenters. The van der Waals surface area contributed by atoms with Crippen molar-refractivity contribution in [3.63, 3.8) is 0 Å². The van der Waals surface area contributed by atoms with E-state index in [1.807, 2.05) is 11.3 Å². The predicted octanol–water partition coefficient (Wildman–Crippen LogP) is 8.63. The molecule has 188 valence electrons. The van der Waals surface area contributed by atoms with Crippen LogP contribution >= 0.6 is 11.3 Å². The highest BCUT2D eigenvalue weighted by molar-refractivity contribution is 7.26. The monoisotopic (exact) mass is 522 g/mol. The van der Waals surface area contributed by atoms with Crippen LogP contribution in [0, 0.1) is 34.6 Å². The maximum atomic E-state index is 4.30. The lowest BCUT2D eigenvalue weighted by Crippen LogP contribution is -2.56. The fraction of sp³-hybridized carbons (Fsp3) is 0.167. The first-order chi connectivity index (χ1) is 18.9. The Bertz CT molecular complexity index is 2140. The highest BCUT2D eigenvalue weighted by Crippen LogP contribution is 2.47. The van der Waals surface area contributed by atoms with Gasteiger partial charge in [-0.1, -0.05) is 24.8 Å². The molecular weight excluding hydrogens is 492 g/mol. The number of benzene rings is 4. The highest BCUT2D eigenvalue weighted by atomic mass is 32.1. The number of pyridine rings is 2. The van der Waals surface area contributed by atoms with E-state index in [9.17, 15) is 0 Å². The van der Waals surface area contributed by atoms with Crippen molar-refractivity contribution < 1.29 is 9.13 Å². The number of nitrogens with zero attached hydrogens (tertiary/aromatic N) is 2. The minimum absolute atomic E-state index is 0.0242. The Labute approximate surface area is 232 Å². The highest BCUT2D eigenvalue weighted by Gasteiger charge is 2.45. The molecule has 4 heterocycles. The molecule has 3 aromatic heterocycles. The van der Waals surface area contributed by atoms with Gasteiger partial charge in [0, 0.05) is 37.9 Å². The summed E-state index contributed by atoms with van der Waals surface area (Å²) in [5.74, 6) is 0. The minimum atomic E-state index is 0.0242. The molecule has 0 saturated carbocycles. The summed E-state index contributed by atoms with van der Waals surface area (Å²) in [6.45, 7) is 15.4. The summed E-state index contributed by atoms with van der Waals surface area (Å²) in [5, 5.41) is 6.72. The Hall–Kier alpha value is -4.08. The van der Waals surface area contributed by atoms with Crippen LogP contribution in [0.3, 0.4) is 0 Å². The van der Waals surface area contributed by atoms with Crippen LogP contribution in [0.25, 0.3) is 59.2 Å². The fourth-order valence-electron chi connectivity index (χ4n) is 6.97. The van der Waals surface area contributed by atoms with Gasteiger partial charge in [0.1, 0.15) is 5.56 Å². The number of aryl methyl sites for hydroxylation is 5. The van der Waals surface area contributed by atoms with Gasteiger partial charge in [0.05, 0.1) is 16.3 Å². The molecule has 0 bridgehead atoms. The van der Waals surface area contributed by atoms with E-state index >= 15 is 0 Å². The van der Waals surface area contributed by atoms with Crippen LogP contribution in [-0.2, 0) is 0 Å². The first-order valence-electron chi connectivity index (χ1n) is 13.7.